The molecular weight excluding hydrogens is 318 g/mol. The molecule has 0 saturated carbocycles. The summed E-state index contributed by atoms with van der Waals surface area (Å²) >= 11 is 5.46. The van der Waals surface area contributed by atoms with E-state index < -0.39 is 0 Å². The first-order chi connectivity index (χ1) is 9.20. The van der Waals surface area contributed by atoms with Gasteiger partial charge in [-0.15, -0.1) is 0 Å². The van der Waals surface area contributed by atoms with Crippen molar-refractivity contribution in [3.05, 3.63) is 58.6 Å². The van der Waals surface area contributed by atoms with E-state index in [2.05, 4.69) is 77.6 Å². The van der Waals surface area contributed by atoms with Crippen LogP contribution in [0.5, 0.6) is 0 Å². The Kier molecular flexibility index (Phi) is 5.49. The largest absolute Gasteiger partial charge is 0.310 e. The van der Waals surface area contributed by atoms with Gasteiger partial charge in [0.05, 0.1) is 0 Å². The minimum Gasteiger partial charge on any atom is -0.310 e. The fourth-order valence-electron chi connectivity index (χ4n) is 1.96. The molecule has 2 aromatic carbocycles. The summed E-state index contributed by atoms with van der Waals surface area (Å²) in [7, 11) is 0. The Hall–Kier alpha value is -0.770. The van der Waals surface area contributed by atoms with Gasteiger partial charge in [-0.2, -0.15) is 0 Å². The minimum atomic E-state index is 0.371. The third-order valence-electron chi connectivity index (χ3n) is 2.93. The molecule has 2 rings (SSSR count). The molecule has 3 heteroatoms. The SMILES string of the molecule is CCNC(C)c1ccc(Sc2ccccc2)cc1Br. The summed E-state index contributed by atoms with van der Waals surface area (Å²) in [6.45, 7) is 5.30. The van der Waals surface area contributed by atoms with Crippen molar-refractivity contribution < 1.29 is 0 Å². The maximum Gasteiger partial charge on any atom is 0.0302 e. The van der Waals surface area contributed by atoms with Crippen molar-refractivity contribution in [3.63, 3.8) is 0 Å². The number of benzene rings is 2. The lowest BCUT2D eigenvalue weighted by molar-refractivity contribution is 0.595. The first-order valence-electron chi connectivity index (χ1n) is 6.46. The van der Waals surface area contributed by atoms with Crippen LogP contribution in [0.25, 0.3) is 0 Å². The highest BCUT2D eigenvalue weighted by molar-refractivity contribution is 9.10. The average Bonchev–Trinajstić information content (AvgIpc) is 2.40. The molecule has 0 aliphatic rings. The molecule has 1 unspecified atom stereocenters. The van der Waals surface area contributed by atoms with Crippen molar-refractivity contribution in [2.24, 2.45) is 0 Å². The molecule has 0 saturated heterocycles. The second kappa shape index (κ2) is 7.13. The van der Waals surface area contributed by atoms with E-state index >= 15 is 0 Å². The number of hydrogen-bond acceptors (Lipinski definition) is 2. The van der Waals surface area contributed by atoms with Crippen LogP contribution in [0.3, 0.4) is 0 Å². The van der Waals surface area contributed by atoms with Crippen molar-refractivity contribution >= 4 is 27.7 Å². The van der Waals surface area contributed by atoms with E-state index in [-0.39, 0.29) is 0 Å². The van der Waals surface area contributed by atoms with E-state index in [1.807, 2.05) is 6.07 Å². The van der Waals surface area contributed by atoms with Crippen molar-refractivity contribution in [3.8, 4) is 0 Å². The van der Waals surface area contributed by atoms with Crippen LogP contribution in [0.4, 0.5) is 0 Å². The zero-order valence-electron chi connectivity index (χ0n) is 11.2. The van der Waals surface area contributed by atoms with Gasteiger partial charge in [0.1, 0.15) is 0 Å². The molecule has 0 heterocycles. The molecule has 0 spiro atoms. The summed E-state index contributed by atoms with van der Waals surface area (Å²) in [4.78, 5) is 2.52. The Balaban J connectivity index is 2.15. The van der Waals surface area contributed by atoms with Crippen LogP contribution in [0.2, 0.25) is 0 Å². The van der Waals surface area contributed by atoms with E-state index in [1.165, 1.54) is 19.8 Å². The Morgan fingerprint density at radius 3 is 2.47 bits per heavy atom. The Morgan fingerprint density at radius 1 is 1.11 bits per heavy atom. The molecule has 19 heavy (non-hydrogen) atoms. The summed E-state index contributed by atoms with van der Waals surface area (Å²) in [5.74, 6) is 0. The predicted octanol–water partition coefficient (Wildman–Crippen LogP) is 5.27. The summed E-state index contributed by atoms with van der Waals surface area (Å²) < 4.78 is 1.17. The number of rotatable bonds is 5. The zero-order chi connectivity index (χ0) is 13.7. The normalized spacial score (nSPS) is 12.4. The predicted molar refractivity (Wildman–Crippen MR) is 86.8 cm³/mol. The highest BCUT2D eigenvalue weighted by atomic mass is 79.9. The Bertz CT molecular complexity index is 528. The van der Waals surface area contributed by atoms with Crippen LogP contribution >= 0.6 is 27.7 Å². The summed E-state index contributed by atoms with van der Waals surface area (Å²) in [6.07, 6.45) is 0. The smallest absolute Gasteiger partial charge is 0.0302 e. The van der Waals surface area contributed by atoms with Gasteiger partial charge in [0.25, 0.3) is 0 Å². The van der Waals surface area contributed by atoms with E-state index in [4.69, 9.17) is 0 Å². The highest BCUT2D eigenvalue weighted by Crippen LogP contribution is 2.32. The maximum atomic E-state index is 3.68. The number of hydrogen-bond donors (Lipinski definition) is 1. The summed E-state index contributed by atoms with van der Waals surface area (Å²) in [5.41, 5.74) is 1.30. The second-order valence-electron chi connectivity index (χ2n) is 4.38. The van der Waals surface area contributed by atoms with E-state index in [0.717, 1.165) is 6.54 Å². The number of halogens is 1. The third-order valence-corrected chi connectivity index (χ3v) is 4.61. The fourth-order valence-corrected chi connectivity index (χ4v) is 3.72. The van der Waals surface area contributed by atoms with Gasteiger partial charge in [0, 0.05) is 20.3 Å². The Morgan fingerprint density at radius 2 is 1.84 bits per heavy atom. The lowest BCUT2D eigenvalue weighted by atomic mass is 10.1. The molecule has 0 aromatic heterocycles. The molecule has 0 aliphatic heterocycles. The molecule has 0 amide bonds. The molecule has 2 aromatic rings. The third kappa shape index (κ3) is 4.10. The fraction of sp³-hybridized carbons (Fsp3) is 0.250. The Labute approximate surface area is 127 Å². The van der Waals surface area contributed by atoms with E-state index in [1.54, 1.807) is 11.8 Å². The minimum absolute atomic E-state index is 0.371. The van der Waals surface area contributed by atoms with Gasteiger partial charge >= 0.3 is 0 Å². The molecule has 0 fully saturated rings. The zero-order valence-corrected chi connectivity index (χ0v) is 13.6. The molecular formula is C16H18BrNS. The standard InChI is InChI=1S/C16H18BrNS/c1-3-18-12(2)15-10-9-14(11-16(15)17)19-13-7-5-4-6-8-13/h4-12,18H,3H2,1-2H3. The van der Waals surface area contributed by atoms with E-state index in [0.29, 0.717) is 6.04 Å². The van der Waals surface area contributed by atoms with Crippen LogP contribution in [0.1, 0.15) is 25.5 Å². The van der Waals surface area contributed by atoms with Gasteiger partial charge in [0.15, 0.2) is 0 Å². The topological polar surface area (TPSA) is 12.0 Å². The molecule has 0 aliphatic carbocycles. The maximum absolute atomic E-state index is 3.68. The van der Waals surface area contributed by atoms with Crippen LogP contribution in [0.15, 0.2) is 62.8 Å². The van der Waals surface area contributed by atoms with Gasteiger partial charge in [-0.25, -0.2) is 0 Å². The van der Waals surface area contributed by atoms with Crippen LogP contribution in [-0.4, -0.2) is 6.54 Å². The van der Waals surface area contributed by atoms with Gasteiger partial charge in [-0.1, -0.05) is 58.9 Å². The van der Waals surface area contributed by atoms with Crippen LogP contribution in [0, 0.1) is 0 Å². The van der Waals surface area contributed by atoms with Crippen molar-refractivity contribution in [2.75, 3.05) is 6.54 Å². The number of nitrogens with one attached hydrogen (secondary N) is 1. The van der Waals surface area contributed by atoms with Gasteiger partial charge in [0.2, 0.25) is 0 Å². The molecule has 1 nitrogen and oxygen atoms in total. The molecule has 0 bridgehead atoms. The monoisotopic (exact) mass is 335 g/mol. The van der Waals surface area contributed by atoms with Crippen molar-refractivity contribution in [2.45, 2.75) is 29.7 Å². The van der Waals surface area contributed by atoms with Crippen LogP contribution < -0.4 is 5.32 Å². The second-order valence-corrected chi connectivity index (χ2v) is 6.38. The van der Waals surface area contributed by atoms with Crippen LogP contribution in [-0.2, 0) is 0 Å². The molecule has 1 N–H and O–H groups in total. The lowest BCUT2D eigenvalue weighted by Crippen LogP contribution is -2.17. The quantitative estimate of drug-likeness (QED) is 0.798. The summed E-state index contributed by atoms with van der Waals surface area (Å²) in [6, 6.07) is 17.4. The van der Waals surface area contributed by atoms with Gasteiger partial charge < -0.3 is 5.32 Å². The average molecular weight is 336 g/mol. The molecule has 100 valence electrons. The van der Waals surface area contributed by atoms with Gasteiger partial charge in [-0.3, -0.25) is 0 Å². The van der Waals surface area contributed by atoms with Crippen molar-refractivity contribution in [1.29, 1.82) is 0 Å². The highest BCUT2D eigenvalue weighted by Gasteiger charge is 2.09. The molecule has 0 radical (unpaired) electrons. The molecule has 1 atom stereocenters. The van der Waals surface area contributed by atoms with Gasteiger partial charge in [-0.05, 0) is 43.3 Å². The first kappa shape index (κ1) is 14.6. The van der Waals surface area contributed by atoms with E-state index in [9.17, 15) is 0 Å². The van der Waals surface area contributed by atoms with Crippen molar-refractivity contribution in [1.82, 2.24) is 5.32 Å². The lowest BCUT2D eigenvalue weighted by Gasteiger charge is -2.15. The first-order valence-corrected chi connectivity index (χ1v) is 8.07. The summed E-state index contributed by atoms with van der Waals surface area (Å²) in [5, 5.41) is 3.43.